The van der Waals surface area contributed by atoms with E-state index in [1.165, 1.54) is 12.0 Å². The fraction of sp³-hybridized carbons (Fsp3) is 0.538. The monoisotopic (exact) mass is 346 g/mol. The number of hydrogen-bond donors (Lipinski definition) is 0. The highest BCUT2D eigenvalue weighted by molar-refractivity contribution is 5.73. The molecule has 0 N–H and O–H groups in total. The quantitative estimate of drug-likeness (QED) is 0.453. The second kappa shape index (κ2) is 6.33. The molecule has 4 heteroatoms. The van der Waals surface area contributed by atoms with E-state index >= 15 is 0 Å². The van der Waals surface area contributed by atoms with Crippen LogP contribution in [0.5, 0.6) is 0 Å². The van der Waals surface area contributed by atoms with E-state index in [0.29, 0.717) is 0 Å². The van der Waals surface area contributed by atoms with Crippen LogP contribution < -0.4 is 28.5 Å². The van der Waals surface area contributed by atoms with Crippen LogP contribution in [-0.2, 0) is 11.8 Å². The summed E-state index contributed by atoms with van der Waals surface area (Å²) in [5, 5.41) is 0. The Bertz CT molecular complexity index is 395. The summed E-state index contributed by atoms with van der Waals surface area (Å²) < 4.78 is 2.04. The van der Waals surface area contributed by atoms with E-state index < -0.39 is 0 Å². The Morgan fingerprint density at radius 3 is 2.88 bits per heavy atom. The zero-order chi connectivity index (χ0) is 11.5. The number of likely N-dealkylation sites (tertiary alicyclic amines) is 1. The third-order valence-electron chi connectivity index (χ3n) is 3.25. The molecule has 3 nitrogen and oxygen atoms in total. The number of rotatable bonds is 1. The molecular weight excluding hydrogens is 327 g/mol. The fourth-order valence-corrected chi connectivity index (χ4v) is 2.46. The molecule has 0 radical (unpaired) electrons. The average molecular weight is 346 g/mol. The highest BCUT2D eigenvalue weighted by atomic mass is 127. The molecule has 1 aromatic heterocycles. The zero-order valence-corrected chi connectivity index (χ0v) is 12.6. The first-order valence-corrected chi connectivity index (χ1v) is 5.91. The molecule has 1 aromatic rings. The molecule has 94 valence electrons. The van der Waals surface area contributed by atoms with Crippen LogP contribution in [0, 0.1) is 0 Å². The maximum atomic E-state index is 11.6. The van der Waals surface area contributed by atoms with Crippen molar-refractivity contribution in [2.75, 3.05) is 6.54 Å². The van der Waals surface area contributed by atoms with E-state index in [4.69, 9.17) is 0 Å². The SMILES string of the molecule is CC(=O)N1CCCCC1c1ccc[n+](C)c1.[I-]. The van der Waals surface area contributed by atoms with Gasteiger partial charge in [-0.15, -0.1) is 0 Å². The number of pyridine rings is 1. The van der Waals surface area contributed by atoms with Crippen molar-refractivity contribution >= 4 is 5.91 Å². The molecule has 1 amide bonds. The molecule has 0 aliphatic carbocycles. The van der Waals surface area contributed by atoms with Gasteiger partial charge in [-0.3, -0.25) is 4.79 Å². The van der Waals surface area contributed by atoms with Crippen LogP contribution in [0.4, 0.5) is 0 Å². The molecule has 0 spiro atoms. The summed E-state index contributed by atoms with van der Waals surface area (Å²) in [6.07, 6.45) is 7.57. The summed E-state index contributed by atoms with van der Waals surface area (Å²) in [4.78, 5) is 13.6. The standard InChI is InChI=1S/C13H19N2O.HI/c1-11(16)15-9-4-3-7-13(15)12-6-5-8-14(2)10-12;/h5-6,8,10,13H,3-4,7,9H2,1-2H3;1H/q+1;/p-1. The van der Waals surface area contributed by atoms with Gasteiger partial charge in [0.1, 0.15) is 7.05 Å². The Morgan fingerprint density at radius 1 is 1.47 bits per heavy atom. The van der Waals surface area contributed by atoms with Crippen molar-refractivity contribution in [1.82, 2.24) is 4.90 Å². The van der Waals surface area contributed by atoms with Crippen molar-refractivity contribution in [2.24, 2.45) is 7.05 Å². The second-order valence-corrected chi connectivity index (χ2v) is 4.53. The van der Waals surface area contributed by atoms with Gasteiger partial charge in [0.2, 0.25) is 5.91 Å². The lowest BCUT2D eigenvalue weighted by Crippen LogP contribution is -3.00. The number of carbonyl (C=O) groups excluding carboxylic acids is 1. The lowest BCUT2D eigenvalue weighted by atomic mass is 9.96. The smallest absolute Gasteiger partial charge is 0.219 e. The first-order chi connectivity index (χ1) is 7.68. The van der Waals surface area contributed by atoms with Crippen molar-refractivity contribution in [1.29, 1.82) is 0 Å². The van der Waals surface area contributed by atoms with Crippen molar-refractivity contribution in [3.8, 4) is 0 Å². The second-order valence-electron chi connectivity index (χ2n) is 4.53. The zero-order valence-electron chi connectivity index (χ0n) is 10.4. The van der Waals surface area contributed by atoms with E-state index in [9.17, 15) is 4.79 Å². The Morgan fingerprint density at radius 2 is 2.24 bits per heavy atom. The minimum absolute atomic E-state index is 0. The number of aromatic nitrogens is 1. The molecule has 1 atom stereocenters. The molecule has 2 heterocycles. The molecular formula is C13H19IN2O. The van der Waals surface area contributed by atoms with Gasteiger partial charge in [-0.25, -0.2) is 4.57 Å². The van der Waals surface area contributed by atoms with Crippen molar-refractivity contribution < 1.29 is 33.3 Å². The number of piperidine rings is 1. The molecule has 0 saturated carbocycles. The maximum Gasteiger partial charge on any atom is 0.219 e. The molecule has 1 fully saturated rings. The Hall–Kier alpha value is -0.650. The minimum Gasteiger partial charge on any atom is -1.00 e. The van der Waals surface area contributed by atoms with Gasteiger partial charge in [-0.1, -0.05) is 0 Å². The Kier molecular flexibility index (Phi) is 5.36. The third-order valence-corrected chi connectivity index (χ3v) is 3.25. The molecule has 0 aromatic carbocycles. The largest absolute Gasteiger partial charge is 1.00 e. The van der Waals surface area contributed by atoms with E-state index in [1.807, 2.05) is 28.8 Å². The van der Waals surface area contributed by atoms with Crippen molar-refractivity contribution in [2.45, 2.75) is 32.2 Å². The highest BCUT2D eigenvalue weighted by Crippen LogP contribution is 2.29. The number of aryl methyl sites for hydroxylation is 1. The van der Waals surface area contributed by atoms with E-state index in [2.05, 4.69) is 12.3 Å². The molecule has 1 aliphatic heterocycles. The van der Waals surface area contributed by atoms with Gasteiger partial charge in [0.25, 0.3) is 0 Å². The number of amides is 1. The summed E-state index contributed by atoms with van der Waals surface area (Å²) in [7, 11) is 2.02. The van der Waals surface area contributed by atoms with Crippen LogP contribution in [0.2, 0.25) is 0 Å². The fourth-order valence-electron chi connectivity index (χ4n) is 2.46. The van der Waals surface area contributed by atoms with E-state index in [-0.39, 0.29) is 35.9 Å². The lowest BCUT2D eigenvalue weighted by molar-refractivity contribution is -0.672. The van der Waals surface area contributed by atoms with Crippen LogP contribution in [0.15, 0.2) is 24.5 Å². The summed E-state index contributed by atoms with van der Waals surface area (Å²) in [5.74, 6) is 0.191. The molecule has 1 saturated heterocycles. The Balaban J connectivity index is 0.00000144. The lowest BCUT2D eigenvalue weighted by Gasteiger charge is -2.34. The predicted molar refractivity (Wildman–Crippen MR) is 61.6 cm³/mol. The van der Waals surface area contributed by atoms with Crippen LogP contribution in [-0.4, -0.2) is 17.4 Å². The van der Waals surface area contributed by atoms with E-state index in [0.717, 1.165) is 19.4 Å². The first-order valence-electron chi connectivity index (χ1n) is 5.91. The van der Waals surface area contributed by atoms with Crippen LogP contribution in [0.25, 0.3) is 0 Å². The van der Waals surface area contributed by atoms with Crippen LogP contribution in [0.3, 0.4) is 0 Å². The van der Waals surface area contributed by atoms with Crippen LogP contribution in [0.1, 0.15) is 37.8 Å². The van der Waals surface area contributed by atoms with Gasteiger partial charge >= 0.3 is 0 Å². The van der Waals surface area contributed by atoms with Crippen molar-refractivity contribution in [3.63, 3.8) is 0 Å². The summed E-state index contributed by atoms with van der Waals surface area (Å²) in [6.45, 7) is 2.57. The highest BCUT2D eigenvalue weighted by Gasteiger charge is 2.26. The van der Waals surface area contributed by atoms with Gasteiger partial charge in [-0.2, -0.15) is 0 Å². The summed E-state index contributed by atoms with van der Waals surface area (Å²) in [5.41, 5.74) is 1.25. The molecule has 2 rings (SSSR count). The average Bonchev–Trinajstić information content (AvgIpc) is 2.29. The summed E-state index contributed by atoms with van der Waals surface area (Å²) >= 11 is 0. The van der Waals surface area contributed by atoms with E-state index in [1.54, 1.807) is 6.92 Å². The number of halogens is 1. The maximum absolute atomic E-state index is 11.6. The molecule has 0 bridgehead atoms. The third kappa shape index (κ3) is 3.40. The summed E-state index contributed by atoms with van der Waals surface area (Å²) in [6, 6.07) is 4.44. The number of hydrogen-bond acceptors (Lipinski definition) is 1. The Labute approximate surface area is 120 Å². The van der Waals surface area contributed by atoms with Crippen molar-refractivity contribution in [3.05, 3.63) is 30.1 Å². The molecule has 1 unspecified atom stereocenters. The first kappa shape index (κ1) is 14.4. The van der Waals surface area contributed by atoms with Gasteiger partial charge in [0, 0.05) is 25.1 Å². The van der Waals surface area contributed by atoms with Gasteiger partial charge in [0.15, 0.2) is 12.4 Å². The predicted octanol–water partition coefficient (Wildman–Crippen LogP) is -1.41. The number of carbonyl (C=O) groups is 1. The molecule has 1 aliphatic rings. The number of nitrogens with zero attached hydrogens (tertiary/aromatic N) is 2. The van der Waals surface area contributed by atoms with Gasteiger partial charge < -0.3 is 28.9 Å². The normalized spacial score (nSPS) is 19.6. The topological polar surface area (TPSA) is 24.2 Å². The van der Waals surface area contributed by atoms with Gasteiger partial charge in [-0.05, 0) is 25.3 Å². The van der Waals surface area contributed by atoms with Crippen LogP contribution >= 0.6 is 0 Å². The van der Waals surface area contributed by atoms with Gasteiger partial charge in [0.05, 0.1) is 6.04 Å². The molecule has 17 heavy (non-hydrogen) atoms. The minimum atomic E-state index is 0.